The Morgan fingerprint density at radius 1 is 1.16 bits per heavy atom. The Hall–Kier alpha value is -0.570. The molecule has 108 valence electrons. The Morgan fingerprint density at radius 3 is 2.58 bits per heavy atom. The second-order valence-corrected chi connectivity index (χ2v) is 6.97. The zero-order valence-electron chi connectivity index (χ0n) is 12.1. The van der Waals surface area contributed by atoms with Crippen molar-refractivity contribution in [2.24, 2.45) is 29.6 Å². The third-order valence-corrected chi connectivity index (χ3v) is 5.46. The summed E-state index contributed by atoms with van der Waals surface area (Å²) >= 11 is 0. The van der Waals surface area contributed by atoms with Gasteiger partial charge in [-0.3, -0.25) is 4.79 Å². The van der Waals surface area contributed by atoms with Gasteiger partial charge in [-0.15, -0.1) is 0 Å². The van der Waals surface area contributed by atoms with E-state index in [4.69, 9.17) is 9.47 Å². The summed E-state index contributed by atoms with van der Waals surface area (Å²) in [5.41, 5.74) is 0. The van der Waals surface area contributed by atoms with E-state index in [9.17, 15) is 4.79 Å². The van der Waals surface area contributed by atoms with Gasteiger partial charge in [-0.05, 0) is 55.8 Å². The van der Waals surface area contributed by atoms with E-state index >= 15 is 0 Å². The van der Waals surface area contributed by atoms with Crippen LogP contribution in [0.2, 0.25) is 0 Å². The number of hydrogen-bond acceptors (Lipinski definition) is 3. The lowest BCUT2D eigenvalue weighted by atomic mass is 9.77. The molecule has 1 heterocycles. The van der Waals surface area contributed by atoms with Crippen LogP contribution in [0.15, 0.2) is 0 Å². The molecule has 1 saturated heterocycles. The maximum Gasteiger partial charge on any atom is 0.311 e. The van der Waals surface area contributed by atoms with Crippen molar-refractivity contribution in [2.75, 3.05) is 6.61 Å². The van der Waals surface area contributed by atoms with E-state index in [1.165, 1.54) is 12.8 Å². The highest BCUT2D eigenvalue weighted by molar-refractivity contribution is 5.73. The molecule has 0 amide bonds. The molecule has 3 fully saturated rings. The Bertz CT molecular complexity index is 333. The first-order valence-corrected chi connectivity index (χ1v) is 7.97. The van der Waals surface area contributed by atoms with Crippen LogP contribution < -0.4 is 0 Å². The maximum atomic E-state index is 12.3. The van der Waals surface area contributed by atoms with Crippen molar-refractivity contribution >= 4 is 5.97 Å². The molecule has 0 radical (unpaired) electrons. The predicted octanol–water partition coefficient (Wildman–Crippen LogP) is 3.37. The van der Waals surface area contributed by atoms with Crippen LogP contribution in [0.3, 0.4) is 0 Å². The fraction of sp³-hybridized carbons (Fsp3) is 0.938. The molecule has 2 saturated carbocycles. The summed E-state index contributed by atoms with van der Waals surface area (Å²) in [4.78, 5) is 12.3. The fourth-order valence-electron chi connectivity index (χ4n) is 4.45. The van der Waals surface area contributed by atoms with Gasteiger partial charge in [0.25, 0.3) is 0 Å². The van der Waals surface area contributed by atoms with Crippen LogP contribution in [0.5, 0.6) is 0 Å². The smallest absolute Gasteiger partial charge is 0.311 e. The summed E-state index contributed by atoms with van der Waals surface area (Å²) in [6, 6.07) is 0. The molecule has 3 aliphatic rings. The average Bonchev–Trinajstić information content (AvgIpc) is 2.99. The highest BCUT2D eigenvalue weighted by atomic mass is 16.7. The van der Waals surface area contributed by atoms with E-state index in [-0.39, 0.29) is 18.2 Å². The molecule has 5 unspecified atom stereocenters. The largest absolute Gasteiger partial charge is 0.436 e. The quantitative estimate of drug-likeness (QED) is 0.735. The number of esters is 1. The summed E-state index contributed by atoms with van der Waals surface area (Å²) in [5, 5.41) is 0. The number of carbonyl (C=O) groups excluding carboxylic acids is 1. The summed E-state index contributed by atoms with van der Waals surface area (Å²) in [6.45, 7) is 5.37. The molecule has 2 aliphatic carbocycles. The van der Waals surface area contributed by atoms with Crippen molar-refractivity contribution < 1.29 is 14.3 Å². The van der Waals surface area contributed by atoms with E-state index in [1.54, 1.807) is 0 Å². The Morgan fingerprint density at radius 2 is 2.00 bits per heavy atom. The highest BCUT2D eigenvalue weighted by Crippen LogP contribution is 2.54. The van der Waals surface area contributed by atoms with Crippen LogP contribution in [-0.2, 0) is 14.3 Å². The minimum atomic E-state index is -0.263. The zero-order chi connectivity index (χ0) is 13.4. The van der Waals surface area contributed by atoms with Crippen LogP contribution in [0.4, 0.5) is 0 Å². The van der Waals surface area contributed by atoms with Gasteiger partial charge in [0.2, 0.25) is 6.29 Å². The van der Waals surface area contributed by atoms with Crippen molar-refractivity contribution in [3.05, 3.63) is 0 Å². The van der Waals surface area contributed by atoms with Crippen LogP contribution in [0, 0.1) is 29.6 Å². The first-order chi connectivity index (χ1) is 9.15. The van der Waals surface area contributed by atoms with Crippen LogP contribution in [-0.4, -0.2) is 18.9 Å². The average molecular weight is 266 g/mol. The summed E-state index contributed by atoms with van der Waals surface area (Å²) in [5.74, 6) is 3.10. The van der Waals surface area contributed by atoms with E-state index in [0.717, 1.165) is 50.0 Å². The second-order valence-electron chi connectivity index (χ2n) is 6.97. The lowest BCUT2D eigenvalue weighted by Crippen LogP contribution is -2.32. The van der Waals surface area contributed by atoms with E-state index in [0.29, 0.717) is 5.92 Å². The lowest BCUT2D eigenvalue weighted by Gasteiger charge is -2.30. The Balaban J connectivity index is 1.53. The minimum Gasteiger partial charge on any atom is -0.436 e. The predicted molar refractivity (Wildman–Crippen MR) is 72.3 cm³/mol. The maximum absolute atomic E-state index is 12.3. The number of fused-ring (bicyclic) bond motifs is 2. The van der Waals surface area contributed by atoms with Gasteiger partial charge in [0, 0.05) is 6.42 Å². The third kappa shape index (κ3) is 2.67. The van der Waals surface area contributed by atoms with Crippen molar-refractivity contribution in [1.82, 2.24) is 0 Å². The van der Waals surface area contributed by atoms with Crippen LogP contribution >= 0.6 is 0 Å². The first-order valence-electron chi connectivity index (χ1n) is 7.97. The van der Waals surface area contributed by atoms with Crippen molar-refractivity contribution in [3.8, 4) is 0 Å². The molecule has 19 heavy (non-hydrogen) atoms. The molecule has 5 atom stereocenters. The second kappa shape index (κ2) is 5.43. The third-order valence-electron chi connectivity index (χ3n) is 5.46. The van der Waals surface area contributed by atoms with Gasteiger partial charge in [-0.25, -0.2) is 0 Å². The molecule has 0 spiro atoms. The molecule has 0 N–H and O–H groups in total. The van der Waals surface area contributed by atoms with Gasteiger partial charge in [0.15, 0.2) is 0 Å². The number of carbonyl (C=O) groups is 1. The van der Waals surface area contributed by atoms with Gasteiger partial charge >= 0.3 is 5.97 Å². The molecular weight excluding hydrogens is 240 g/mol. The molecular formula is C16H26O3. The summed E-state index contributed by atoms with van der Waals surface area (Å²) in [7, 11) is 0. The van der Waals surface area contributed by atoms with Gasteiger partial charge in [-0.2, -0.15) is 0 Å². The van der Waals surface area contributed by atoms with Crippen molar-refractivity contribution in [1.29, 1.82) is 0 Å². The van der Waals surface area contributed by atoms with Crippen LogP contribution in [0.1, 0.15) is 52.4 Å². The molecule has 2 bridgehead atoms. The highest BCUT2D eigenvalue weighted by Gasteiger charge is 2.50. The van der Waals surface area contributed by atoms with Gasteiger partial charge in [0.1, 0.15) is 0 Å². The Kier molecular flexibility index (Phi) is 3.84. The molecule has 1 aliphatic heterocycles. The van der Waals surface area contributed by atoms with Gasteiger partial charge in [0.05, 0.1) is 12.5 Å². The fourth-order valence-corrected chi connectivity index (χ4v) is 4.45. The minimum absolute atomic E-state index is 0.0154. The molecule has 0 aromatic carbocycles. The molecule has 3 nitrogen and oxygen atoms in total. The topological polar surface area (TPSA) is 35.5 Å². The zero-order valence-corrected chi connectivity index (χ0v) is 12.1. The SMILES string of the molecule is CC(C)C1CC2CC1CC2C(=O)OC1CCCCO1. The number of hydrogen-bond donors (Lipinski definition) is 0. The summed E-state index contributed by atoms with van der Waals surface area (Å²) < 4.78 is 11.1. The summed E-state index contributed by atoms with van der Waals surface area (Å²) in [6.07, 6.45) is 6.35. The molecule has 0 aromatic rings. The first kappa shape index (κ1) is 13.4. The molecule has 0 aromatic heterocycles. The normalized spacial score (nSPS) is 41.7. The van der Waals surface area contributed by atoms with Gasteiger partial charge in [-0.1, -0.05) is 13.8 Å². The number of ether oxygens (including phenoxy) is 2. The van der Waals surface area contributed by atoms with E-state index in [2.05, 4.69) is 13.8 Å². The van der Waals surface area contributed by atoms with Gasteiger partial charge < -0.3 is 9.47 Å². The van der Waals surface area contributed by atoms with Crippen LogP contribution in [0.25, 0.3) is 0 Å². The van der Waals surface area contributed by atoms with E-state index in [1.807, 2.05) is 0 Å². The van der Waals surface area contributed by atoms with Crippen molar-refractivity contribution in [2.45, 2.75) is 58.7 Å². The monoisotopic (exact) mass is 266 g/mol. The molecule has 3 rings (SSSR count). The lowest BCUT2D eigenvalue weighted by molar-refractivity contribution is -0.192. The standard InChI is InChI=1S/C16H26O3/c1-10(2)13-8-12-7-11(13)9-14(12)16(17)19-15-5-3-4-6-18-15/h10-15H,3-9H2,1-2H3. The molecule has 3 heteroatoms. The number of rotatable bonds is 3. The van der Waals surface area contributed by atoms with Crippen molar-refractivity contribution in [3.63, 3.8) is 0 Å². The van der Waals surface area contributed by atoms with E-state index < -0.39 is 0 Å². The Labute approximate surface area is 116 Å².